The molecule has 2 aromatic rings. The van der Waals surface area contributed by atoms with E-state index in [4.69, 9.17) is 0 Å². The van der Waals surface area contributed by atoms with Crippen molar-refractivity contribution in [2.24, 2.45) is 0 Å². The Morgan fingerprint density at radius 3 is 2.29 bits per heavy atom. The first kappa shape index (κ1) is 15.6. The average molecular weight is 344 g/mol. The van der Waals surface area contributed by atoms with Gasteiger partial charge in [0.05, 0.1) is 0 Å². The van der Waals surface area contributed by atoms with E-state index in [1.807, 2.05) is 48.5 Å². The van der Waals surface area contributed by atoms with E-state index in [1.54, 1.807) is 11.1 Å². The molecule has 2 aromatic carbocycles. The predicted molar refractivity (Wildman–Crippen MR) is 88.4 cm³/mol. The fourth-order valence-electron chi connectivity index (χ4n) is 1.95. The van der Waals surface area contributed by atoms with E-state index < -0.39 is 0 Å². The molecule has 0 aliphatic heterocycles. The molecule has 108 valence electrons. The molecule has 0 spiro atoms. The second kappa shape index (κ2) is 8.45. The first-order chi connectivity index (χ1) is 10.3. The van der Waals surface area contributed by atoms with E-state index in [2.05, 4.69) is 18.7 Å². The summed E-state index contributed by atoms with van der Waals surface area (Å²) in [5.41, 5.74) is 1.12. The molecule has 0 radical (unpaired) electrons. The van der Waals surface area contributed by atoms with Crippen molar-refractivity contribution in [1.82, 2.24) is 4.90 Å². The molecule has 0 heterocycles. The van der Waals surface area contributed by atoms with Crippen LogP contribution in [0.1, 0.15) is 12.0 Å². The van der Waals surface area contributed by atoms with Gasteiger partial charge >= 0.3 is 132 Å². The minimum absolute atomic E-state index is 0.145. The number of nitrogens with zero attached hydrogens (tertiary/aromatic N) is 1. The number of hydrogen-bond donors (Lipinski definition) is 0. The van der Waals surface area contributed by atoms with Crippen LogP contribution in [0.4, 0.5) is 0 Å². The Balaban J connectivity index is 1.82. The van der Waals surface area contributed by atoms with Crippen molar-refractivity contribution in [2.45, 2.75) is 18.3 Å². The van der Waals surface area contributed by atoms with Gasteiger partial charge in [0.15, 0.2) is 0 Å². The van der Waals surface area contributed by atoms with Crippen LogP contribution in [0, 0.1) is 0 Å². The predicted octanol–water partition coefficient (Wildman–Crippen LogP) is 3.00. The Labute approximate surface area is 132 Å². The number of carbonyl (C=O) groups is 1. The van der Waals surface area contributed by atoms with Gasteiger partial charge in [-0.3, -0.25) is 0 Å². The molecule has 0 saturated heterocycles. The molecule has 2 nitrogen and oxygen atoms in total. The molecule has 0 bridgehead atoms. The van der Waals surface area contributed by atoms with Gasteiger partial charge in [-0.1, -0.05) is 0 Å². The van der Waals surface area contributed by atoms with Gasteiger partial charge in [-0.15, -0.1) is 0 Å². The fourth-order valence-corrected chi connectivity index (χ4v) is 3.76. The first-order valence-electron chi connectivity index (χ1n) is 6.93. The molecule has 3 heteroatoms. The molecule has 0 aromatic heterocycles. The first-order valence-corrected chi connectivity index (χ1v) is 9.00. The summed E-state index contributed by atoms with van der Waals surface area (Å²) in [5.74, 6) is 0.145. The molecule has 2 rings (SSSR count). The molecule has 0 atom stereocenters. The van der Waals surface area contributed by atoms with Gasteiger partial charge in [0.1, 0.15) is 0 Å². The van der Waals surface area contributed by atoms with Crippen LogP contribution < -0.4 is 4.46 Å². The average Bonchev–Trinajstić information content (AvgIpc) is 2.54. The van der Waals surface area contributed by atoms with Gasteiger partial charge in [-0.2, -0.15) is 0 Å². The quantitative estimate of drug-likeness (QED) is 0.707. The Morgan fingerprint density at radius 2 is 1.67 bits per heavy atom. The molecule has 0 aliphatic rings. The van der Waals surface area contributed by atoms with Gasteiger partial charge in [-0.25, -0.2) is 0 Å². The number of hydrogen-bond acceptors (Lipinski definition) is 1. The summed E-state index contributed by atoms with van der Waals surface area (Å²) in [6.45, 7) is 4.35. The number of carbonyl (C=O) groups excluding carboxylic acids is 1. The van der Waals surface area contributed by atoms with E-state index in [-0.39, 0.29) is 5.91 Å². The molecular formula is C18H19NOSe. The van der Waals surface area contributed by atoms with E-state index in [1.165, 1.54) is 4.46 Å². The van der Waals surface area contributed by atoms with Crippen molar-refractivity contribution in [3.8, 4) is 0 Å². The normalized spacial score (nSPS) is 10.1. The SMILES string of the molecule is C=CN(Cc1ccccc1)C(=O)CC[Se]c1ccccc1. The van der Waals surface area contributed by atoms with Gasteiger partial charge in [0.2, 0.25) is 0 Å². The maximum atomic E-state index is 12.2. The van der Waals surface area contributed by atoms with Gasteiger partial charge < -0.3 is 0 Å². The van der Waals surface area contributed by atoms with Crippen molar-refractivity contribution in [3.05, 3.63) is 79.0 Å². The van der Waals surface area contributed by atoms with Crippen LogP contribution in [0.3, 0.4) is 0 Å². The molecule has 21 heavy (non-hydrogen) atoms. The van der Waals surface area contributed by atoms with Gasteiger partial charge in [-0.05, 0) is 0 Å². The van der Waals surface area contributed by atoms with Crippen LogP contribution in [0.15, 0.2) is 73.4 Å². The van der Waals surface area contributed by atoms with Crippen molar-refractivity contribution in [2.75, 3.05) is 0 Å². The zero-order valence-electron chi connectivity index (χ0n) is 11.9. The molecular weight excluding hydrogens is 325 g/mol. The monoisotopic (exact) mass is 345 g/mol. The fraction of sp³-hybridized carbons (Fsp3) is 0.167. The zero-order chi connectivity index (χ0) is 14.9. The second-order valence-electron chi connectivity index (χ2n) is 4.60. The summed E-state index contributed by atoms with van der Waals surface area (Å²) in [6, 6.07) is 20.4. The summed E-state index contributed by atoms with van der Waals surface area (Å²) in [4.78, 5) is 13.9. The third-order valence-electron chi connectivity index (χ3n) is 3.06. The Bertz CT molecular complexity index is 568. The topological polar surface area (TPSA) is 20.3 Å². The van der Waals surface area contributed by atoms with Gasteiger partial charge in [0, 0.05) is 0 Å². The van der Waals surface area contributed by atoms with Crippen LogP contribution in [0.5, 0.6) is 0 Å². The molecule has 0 aliphatic carbocycles. The standard InChI is InChI=1S/C18H19NOSe/c1-2-19(15-16-9-5-3-6-10-16)18(20)13-14-21-17-11-7-4-8-12-17/h2-12H,1,13-15H2. The van der Waals surface area contributed by atoms with E-state index in [0.717, 1.165) is 10.9 Å². The Kier molecular flexibility index (Phi) is 6.26. The van der Waals surface area contributed by atoms with Crippen LogP contribution in [0.25, 0.3) is 0 Å². The van der Waals surface area contributed by atoms with E-state index >= 15 is 0 Å². The summed E-state index contributed by atoms with van der Waals surface area (Å²) in [6.07, 6.45) is 2.21. The summed E-state index contributed by atoms with van der Waals surface area (Å²) >= 11 is 0.358. The van der Waals surface area contributed by atoms with Crippen LogP contribution in [-0.2, 0) is 11.3 Å². The second-order valence-corrected chi connectivity index (χ2v) is 7.05. The van der Waals surface area contributed by atoms with Crippen LogP contribution in [0.2, 0.25) is 5.32 Å². The molecule has 0 saturated carbocycles. The van der Waals surface area contributed by atoms with Crippen LogP contribution >= 0.6 is 0 Å². The van der Waals surface area contributed by atoms with E-state index in [9.17, 15) is 4.79 Å². The van der Waals surface area contributed by atoms with Crippen LogP contribution in [-0.4, -0.2) is 25.8 Å². The maximum absolute atomic E-state index is 12.2. The van der Waals surface area contributed by atoms with Crippen molar-refractivity contribution in [3.63, 3.8) is 0 Å². The zero-order valence-corrected chi connectivity index (χ0v) is 13.7. The number of rotatable bonds is 7. The Morgan fingerprint density at radius 1 is 1.05 bits per heavy atom. The van der Waals surface area contributed by atoms with Gasteiger partial charge in [0.25, 0.3) is 0 Å². The van der Waals surface area contributed by atoms with E-state index in [0.29, 0.717) is 27.9 Å². The molecule has 1 amide bonds. The third-order valence-corrected chi connectivity index (χ3v) is 5.19. The third kappa shape index (κ3) is 5.22. The summed E-state index contributed by atoms with van der Waals surface area (Å²) in [7, 11) is 0. The van der Waals surface area contributed by atoms with Crippen molar-refractivity contribution < 1.29 is 4.79 Å². The Hall–Kier alpha value is -1.83. The number of amides is 1. The molecule has 0 N–H and O–H groups in total. The number of benzene rings is 2. The summed E-state index contributed by atoms with van der Waals surface area (Å²) < 4.78 is 1.34. The molecule has 0 fully saturated rings. The minimum atomic E-state index is 0.145. The summed E-state index contributed by atoms with van der Waals surface area (Å²) in [5, 5.41) is 0.926. The van der Waals surface area contributed by atoms with Crippen molar-refractivity contribution >= 4 is 25.3 Å². The van der Waals surface area contributed by atoms with Crippen molar-refractivity contribution in [1.29, 1.82) is 0 Å². The molecule has 0 unspecified atom stereocenters.